The average molecular weight is 245 g/mol. The maximum absolute atomic E-state index is 11.4. The third-order valence-corrected chi connectivity index (χ3v) is 2.22. The van der Waals surface area contributed by atoms with Gasteiger partial charge in [0.25, 0.3) is 0 Å². The summed E-state index contributed by atoms with van der Waals surface area (Å²) in [6.45, 7) is 1.50. The van der Waals surface area contributed by atoms with E-state index in [4.69, 9.17) is 16.6 Å². The molecule has 0 aliphatic rings. The molecule has 2 atom stereocenters. The number of carboxylic acids is 1. The van der Waals surface area contributed by atoms with Crippen LogP contribution < -0.4 is 16.8 Å². The lowest BCUT2D eigenvalue weighted by Crippen LogP contribution is -2.36. The van der Waals surface area contributed by atoms with Crippen LogP contribution in [-0.4, -0.2) is 41.9 Å². The highest BCUT2D eigenvalue weighted by Crippen LogP contribution is 2.09. The molecule has 0 saturated heterocycles. The fraction of sp³-hybridized carbons (Fsp3) is 0.700. The molecule has 7 heteroatoms. The molecule has 1 amide bonds. The number of aliphatic carboxylic acids is 1. The molecule has 0 aromatic carbocycles. The van der Waals surface area contributed by atoms with Gasteiger partial charge < -0.3 is 21.9 Å². The maximum atomic E-state index is 11.4. The number of nitrogens with one attached hydrogen (secondary N) is 1. The number of ketones is 1. The highest BCUT2D eigenvalue weighted by atomic mass is 16.4. The second-order valence-electron chi connectivity index (χ2n) is 4.01. The number of nitrogens with two attached hydrogens (primary N) is 2. The number of Topliss-reactive ketones (excluding diaryl/α,β-unsaturated/α-hetero) is 1. The number of carboxylic acid groups (broad SMARTS) is 1. The quantitative estimate of drug-likeness (QED) is 0.409. The summed E-state index contributed by atoms with van der Waals surface area (Å²) in [4.78, 5) is 32.7. The Morgan fingerprint density at radius 1 is 1.35 bits per heavy atom. The van der Waals surface area contributed by atoms with Crippen molar-refractivity contribution in [3.8, 4) is 0 Å². The number of hydrogen-bond acceptors (Lipinski definition) is 5. The van der Waals surface area contributed by atoms with Crippen molar-refractivity contribution in [3.05, 3.63) is 0 Å². The number of rotatable bonds is 8. The molecule has 0 spiro atoms. The highest BCUT2D eigenvalue weighted by Gasteiger charge is 2.17. The lowest BCUT2D eigenvalue weighted by atomic mass is 9.97. The Labute approximate surface area is 99.5 Å². The van der Waals surface area contributed by atoms with Crippen LogP contribution in [0.2, 0.25) is 0 Å². The monoisotopic (exact) mass is 245 g/mol. The van der Waals surface area contributed by atoms with Crippen molar-refractivity contribution in [2.24, 2.45) is 17.4 Å². The maximum Gasteiger partial charge on any atom is 0.320 e. The third-order valence-electron chi connectivity index (χ3n) is 2.22. The smallest absolute Gasteiger partial charge is 0.320 e. The van der Waals surface area contributed by atoms with Crippen LogP contribution in [0.5, 0.6) is 0 Å². The van der Waals surface area contributed by atoms with E-state index >= 15 is 0 Å². The van der Waals surface area contributed by atoms with Gasteiger partial charge in [0.2, 0.25) is 5.91 Å². The molecule has 0 heterocycles. The minimum atomic E-state index is -1.08. The SMILES string of the molecule is CC(CC(=O)CNC(=O)CN)C[C@H](N)C(=O)O. The number of amides is 1. The summed E-state index contributed by atoms with van der Waals surface area (Å²) < 4.78 is 0. The average Bonchev–Trinajstić information content (AvgIpc) is 2.25. The number of carbonyl (C=O) groups excluding carboxylic acids is 2. The summed E-state index contributed by atoms with van der Waals surface area (Å²) in [5.74, 6) is -1.78. The lowest BCUT2D eigenvalue weighted by Gasteiger charge is -2.13. The van der Waals surface area contributed by atoms with Gasteiger partial charge in [-0.1, -0.05) is 6.92 Å². The molecular formula is C10H19N3O4. The first-order chi connectivity index (χ1) is 7.86. The second kappa shape index (κ2) is 7.75. The largest absolute Gasteiger partial charge is 0.480 e. The number of hydrogen-bond donors (Lipinski definition) is 4. The molecular weight excluding hydrogens is 226 g/mol. The van der Waals surface area contributed by atoms with Crippen LogP contribution in [0.4, 0.5) is 0 Å². The van der Waals surface area contributed by atoms with Gasteiger partial charge in [0.1, 0.15) is 6.04 Å². The first kappa shape index (κ1) is 15.5. The van der Waals surface area contributed by atoms with Crippen molar-refractivity contribution in [1.82, 2.24) is 5.32 Å². The van der Waals surface area contributed by atoms with Crippen molar-refractivity contribution < 1.29 is 19.5 Å². The standard InChI is InChI=1S/C10H19N3O4/c1-6(3-8(12)10(16)17)2-7(14)5-13-9(15)4-11/h6,8H,2-5,11-12H2,1H3,(H,13,15)(H,16,17)/t6?,8-/m0/s1. The molecule has 98 valence electrons. The first-order valence-corrected chi connectivity index (χ1v) is 5.33. The van der Waals surface area contributed by atoms with Crippen LogP contribution in [0.1, 0.15) is 19.8 Å². The molecule has 6 N–H and O–H groups in total. The minimum Gasteiger partial charge on any atom is -0.480 e. The van der Waals surface area contributed by atoms with E-state index in [0.29, 0.717) is 0 Å². The van der Waals surface area contributed by atoms with E-state index in [9.17, 15) is 14.4 Å². The first-order valence-electron chi connectivity index (χ1n) is 5.33. The van der Waals surface area contributed by atoms with E-state index in [1.165, 1.54) is 0 Å². The van der Waals surface area contributed by atoms with Crippen LogP contribution >= 0.6 is 0 Å². The van der Waals surface area contributed by atoms with Gasteiger partial charge in [-0.25, -0.2) is 0 Å². The highest BCUT2D eigenvalue weighted by molar-refractivity contribution is 5.86. The van der Waals surface area contributed by atoms with Crippen LogP contribution in [0.25, 0.3) is 0 Å². The van der Waals surface area contributed by atoms with Crippen molar-refractivity contribution >= 4 is 17.7 Å². The van der Waals surface area contributed by atoms with Gasteiger partial charge in [0.05, 0.1) is 13.1 Å². The fourth-order valence-corrected chi connectivity index (χ4v) is 1.35. The summed E-state index contributed by atoms with van der Waals surface area (Å²) in [5, 5.41) is 10.9. The van der Waals surface area contributed by atoms with Crippen LogP contribution in [0.15, 0.2) is 0 Å². The van der Waals surface area contributed by atoms with Crippen LogP contribution in [-0.2, 0) is 14.4 Å². The van der Waals surface area contributed by atoms with Crippen molar-refractivity contribution in [3.63, 3.8) is 0 Å². The molecule has 0 saturated carbocycles. The Balaban J connectivity index is 3.88. The Kier molecular flexibility index (Phi) is 7.08. The van der Waals surface area contributed by atoms with Gasteiger partial charge in [0, 0.05) is 6.42 Å². The van der Waals surface area contributed by atoms with Gasteiger partial charge in [-0.05, 0) is 12.3 Å². The molecule has 7 nitrogen and oxygen atoms in total. The zero-order chi connectivity index (χ0) is 13.4. The van der Waals surface area contributed by atoms with Gasteiger partial charge in [-0.3, -0.25) is 14.4 Å². The Hall–Kier alpha value is -1.47. The van der Waals surface area contributed by atoms with Gasteiger partial charge in [-0.2, -0.15) is 0 Å². The van der Waals surface area contributed by atoms with Gasteiger partial charge in [0.15, 0.2) is 5.78 Å². The molecule has 0 aliphatic carbocycles. The molecule has 0 fully saturated rings. The van der Waals surface area contributed by atoms with E-state index in [1.807, 2.05) is 0 Å². The predicted octanol–water partition coefficient (Wildman–Crippen LogP) is -1.54. The van der Waals surface area contributed by atoms with Crippen LogP contribution in [0, 0.1) is 5.92 Å². The van der Waals surface area contributed by atoms with Crippen molar-refractivity contribution in [1.29, 1.82) is 0 Å². The molecule has 0 bridgehead atoms. The molecule has 17 heavy (non-hydrogen) atoms. The normalized spacial score (nSPS) is 13.8. The molecule has 0 aliphatic heterocycles. The van der Waals surface area contributed by atoms with E-state index in [2.05, 4.69) is 5.32 Å². The summed E-state index contributed by atoms with van der Waals surface area (Å²) in [6, 6.07) is -0.962. The van der Waals surface area contributed by atoms with Crippen LogP contribution in [0.3, 0.4) is 0 Å². The van der Waals surface area contributed by atoms with E-state index < -0.39 is 17.9 Å². The summed E-state index contributed by atoms with van der Waals surface area (Å²) in [6.07, 6.45) is 0.414. The van der Waals surface area contributed by atoms with E-state index in [-0.39, 0.29) is 37.6 Å². The molecule has 0 aromatic heterocycles. The van der Waals surface area contributed by atoms with E-state index in [0.717, 1.165) is 0 Å². The molecule has 0 radical (unpaired) electrons. The molecule has 0 rings (SSSR count). The topological polar surface area (TPSA) is 136 Å². The summed E-state index contributed by atoms with van der Waals surface area (Å²) in [7, 11) is 0. The van der Waals surface area contributed by atoms with Crippen molar-refractivity contribution in [2.75, 3.05) is 13.1 Å². The molecule has 0 aromatic rings. The zero-order valence-corrected chi connectivity index (χ0v) is 9.81. The Bertz CT molecular complexity index is 293. The lowest BCUT2D eigenvalue weighted by molar-refractivity contribution is -0.139. The van der Waals surface area contributed by atoms with Crippen molar-refractivity contribution in [2.45, 2.75) is 25.8 Å². The Morgan fingerprint density at radius 2 is 1.94 bits per heavy atom. The van der Waals surface area contributed by atoms with Gasteiger partial charge >= 0.3 is 5.97 Å². The summed E-state index contributed by atoms with van der Waals surface area (Å²) >= 11 is 0. The van der Waals surface area contributed by atoms with E-state index in [1.54, 1.807) is 6.92 Å². The summed E-state index contributed by atoms with van der Waals surface area (Å²) in [5.41, 5.74) is 10.4. The predicted molar refractivity (Wildman–Crippen MR) is 61.1 cm³/mol. The molecule has 1 unspecified atom stereocenters. The van der Waals surface area contributed by atoms with Gasteiger partial charge in [-0.15, -0.1) is 0 Å². The fourth-order valence-electron chi connectivity index (χ4n) is 1.35. The Morgan fingerprint density at radius 3 is 2.41 bits per heavy atom. The number of carbonyl (C=O) groups is 3. The zero-order valence-electron chi connectivity index (χ0n) is 9.81. The minimum absolute atomic E-state index is 0.0807. The second-order valence-corrected chi connectivity index (χ2v) is 4.01. The third kappa shape index (κ3) is 7.42.